The Morgan fingerprint density at radius 1 is 0.758 bits per heavy atom. The van der Waals surface area contributed by atoms with Crippen molar-refractivity contribution in [2.75, 3.05) is 4.90 Å². The zero-order chi connectivity index (χ0) is 21.9. The van der Waals surface area contributed by atoms with Gasteiger partial charge in [-0.2, -0.15) is 0 Å². The summed E-state index contributed by atoms with van der Waals surface area (Å²) in [6.45, 7) is 2.15. The van der Waals surface area contributed by atoms with Crippen LogP contribution in [0.3, 0.4) is 0 Å². The fourth-order valence-corrected chi connectivity index (χ4v) is 5.85. The molecule has 0 N–H and O–H groups in total. The van der Waals surface area contributed by atoms with E-state index in [1.165, 1.54) is 55.9 Å². The van der Waals surface area contributed by atoms with Gasteiger partial charge in [0.05, 0.1) is 6.04 Å². The van der Waals surface area contributed by atoms with Gasteiger partial charge in [-0.15, -0.1) is 0 Å². The summed E-state index contributed by atoms with van der Waals surface area (Å²) in [6, 6.07) is 34.0. The molecular weight excluding hydrogens is 398 g/mol. The van der Waals surface area contributed by atoms with E-state index in [1.54, 1.807) is 0 Å². The van der Waals surface area contributed by atoms with Crippen LogP contribution in [0, 0.1) is 6.92 Å². The summed E-state index contributed by atoms with van der Waals surface area (Å²) >= 11 is 0. The number of aryl methyl sites for hydroxylation is 1. The smallest absolute Gasteiger partial charge is 0.0630 e. The zero-order valence-corrected chi connectivity index (χ0v) is 18.7. The highest BCUT2D eigenvalue weighted by Crippen LogP contribution is 2.49. The fourth-order valence-electron chi connectivity index (χ4n) is 5.85. The maximum atomic E-state index is 2.50. The summed E-state index contributed by atoms with van der Waals surface area (Å²) in [6.07, 6.45) is 8.27. The van der Waals surface area contributed by atoms with Crippen LogP contribution in [0.4, 0.5) is 11.4 Å². The van der Waals surface area contributed by atoms with Gasteiger partial charge in [-0.3, -0.25) is 0 Å². The first-order valence-corrected chi connectivity index (χ1v) is 11.8. The first kappa shape index (κ1) is 18.7. The van der Waals surface area contributed by atoms with E-state index >= 15 is 0 Å². The van der Waals surface area contributed by atoms with Gasteiger partial charge in [0, 0.05) is 17.3 Å². The van der Waals surface area contributed by atoms with Gasteiger partial charge in [0.15, 0.2) is 0 Å². The number of allylic oxidation sites excluding steroid dienone is 2. The monoisotopic (exact) mass is 423 g/mol. The molecule has 0 saturated heterocycles. The summed E-state index contributed by atoms with van der Waals surface area (Å²) in [4.78, 5) is 2.50. The Bertz CT molecular complexity index is 1450. The molecular formula is C32H25N. The Kier molecular flexibility index (Phi) is 4.01. The molecule has 1 heteroatoms. The molecule has 0 radical (unpaired) electrons. The summed E-state index contributed by atoms with van der Waals surface area (Å²) in [5, 5.41) is 0. The Morgan fingerprint density at radius 3 is 2.45 bits per heavy atom. The lowest BCUT2D eigenvalue weighted by atomic mass is 9.85. The van der Waals surface area contributed by atoms with Crippen LogP contribution in [0.25, 0.3) is 16.7 Å². The molecule has 0 fully saturated rings. The van der Waals surface area contributed by atoms with Gasteiger partial charge in [0.25, 0.3) is 0 Å². The van der Waals surface area contributed by atoms with Crippen molar-refractivity contribution in [3.63, 3.8) is 0 Å². The molecule has 0 aromatic heterocycles. The third kappa shape index (κ3) is 2.85. The second kappa shape index (κ2) is 7.08. The number of hydrogen-bond acceptors (Lipinski definition) is 1. The predicted molar refractivity (Wildman–Crippen MR) is 138 cm³/mol. The van der Waals surface area contributed by atoms with E-state index in [0.29, 0.717) is 12.0 Å². The van der Waals surface area contributed by atoms with Gasteiger partial charge >= 0.3 is 0 Å². The van der Waals surface area contributed by atoms with E-state index in [2.05, 4.69) is 121 Å². The van der Waals surface area contributed by atoms with E-state index in [4.69, 9.17) is 0 Å². The molecule has 3 aliphatic rings. The van der Waals surface area contributed by atoms with Crippen molar-refractivity contribution < 1.29 is 0 Å². The van der Waals surface area contributed by atoms with Gasteiger partial charge in [0.2, 0.25) is 0 Å². The molecule has 1 heterocycles. The molecule has 4 aromatic rings. The first-order chi connectivity index (χ1) is 16.3. The number of benzene rings is 4. The van der Waals surface area contributed by atoms with Crippen LogP contribution >= 0.6 is 0 Å². The minimum Gasteiger partial charge on any atom is -0.333 e. The van der Waals surface area contributed by atoms with Gasteiger partial charge < -0.3 is 4.90 Å². The molecule has 2 atom stereocenters. The standard InChI is InChI=1S/C32H25N/c1-21-10-15-26(16-11-21)33-31-9-5-4-8-28(31)30-20-23(14-17-32(30)33)22-12-13-25-18-24-6-2-3-7-27(24)29(25)19-22/h2-17,19-20,30,32H,18H2,1H3. The van der Waals surface area contributed by atoms with Crippen LogP contribution in [-0.4, -0.2) is 6.04 Å². The first-order valence-electron chi connectivity index (χ1n) is 11.8. The van der Waals surface area contributed by atoms with E-state index in [1.807, 2.05) is 0 Å². The quantitative estimate of drug-likeness (QED) is 0.280. The maximum absolute atomic E-state index is 2.50. The SMILES string of the molecule is Cc1ccc(N2c3ccccc3C3C=C(c4ccc5c(c4)-c4ccccc4C5)C=CC32)cc1. The average molecular weight is 424 g/mol. The van der Waals surface area contributed by atoms with Crippen molar-refractivity contribution in [2.24, 2.45) is 0 Å². The summed E-state index contributed by atoms with van der Waals surface area (Å²) in [5.41, 5.74) is 13.6. The van der Waals surface area contributed by atoms with Crippen LogP contribution in [-0.2, 0) is 6.42 Å². The number of hydrogen-bond donors (Lipinski definition) is 0. The molecule has 2 aliphatic carbocycles. The largest absolute Gasteiger partial charge is 0.333 e. The Balaban J connectivity index is 1.30. The molecule has 158 valence electrons. The summed E-state index contributed by atoms with van der Waals surface area (Å²) in [5.74, 6) is 0.350. The molecule has 0 saturated carbocycles. The minimum absolute atomic E-state index is 0.309. The number of fused-ring (bicyclic) bond motifs is 6. The van der Waals surface area contributed by atoms with Crippen molar-refractivity contribution >= 4 is 16.9 Å². The Hall–Kier alpha value is -3.84. The second-order valence-corrected chi connectivity index (χ2v) is 9.47. The lowest BCUT2D eigenvalue weighted by molar-refractivity contribution is 0.747. The van der Waals surface area contributed by atoms with Crippen LogP contribution in [0.15, 0.2) is 109 Å². The van der Waals surface area contributed by atoms with Gasteiger partial charge in [-0.25, -0.2) is 0 Å². The van der Waals surface area contributed by atoms with E-state index in [0.717, 1.165) is 6.42 Å². The molecule has 0 spiro atoms. The highest BCUT2D eigenvalue weighted by Gasteiger charge is 2.38. The highest BCUT2D eigenvalue weighted by molar-refractivity contribution is 5.86. The predicted octanol–water partition coefficient (Wildman–Crippen LogP) is 7.82. The van der Waals surface area contributed by atoms with E-state index < -0.39 is 0 Å². The molecule has 1 nitrogen and oxygen atoms in total. The fraction of sp³-hybridized carbons (Fsp3) is 0.125. The lowest BCUT2D eigenvalue weighted by Gasteiger charge is -2.30. The van der Waals surface area contributed by atoms with E-state index in [-0.39, 0.29) is 0 Å². The van der Waals surface area contributed by atoms with Crippen LogP contribution in [0.5, 0.6) is 0 Å². The minimum atomic E-state index is 0.309. The highest BCUT2D eigenvalue weighted by atomic mass is 15.2. The third-order valence-electron chi connectivity index (χ3n) is 7.50. The van der Waals surface area contributed by atoms with Crippen molar-refractivity contribution in [2.45, 2.75) is 25.3 Å². The van der Waals surface area contributed by atoms with Crippen LogP contribution in [0.2, 0.25) is 0 Å². The molecule has 1 aliphatic heterocycles. The van der Waals surface area contributed by atoms with Crippen molar-refractivity contribution in [3.8, 4) is 11.1 Å². The summed E-state index contributed by atoms with van der Waals surface area (Å²) in [7, 11) is 0. The second-order valence-electron chi connectivity index (χ2n) is 9.47. The van der Waals surface area contributed by atoms with Gasteiger partial charge in [0.1, 0.15) is 0 Å². The molecule has 7 rings (SSSR count). The van der Waals surface area contributed by atoms with Gasteiger partial charge in [-0.05, 0) is 76.6 Å². The van der Waals surface area contributed by atoms with Crippen molar-refractivity contribution in [3.05, 3.63) is 137 Å². The number of nitrogens with zero attached hydrogens (tertiary/aromatic N) is 1. The van der Waals surface area contributed by atoms with Crippen LogP contribution < -0.4 is 4.90 Å². The third-order valence-corrected chi connectivity index (χ3v) is 7.50. The average Bonchev–Trinajstić information content (AvgIpc) is 3.39. The normalized spacial score (nSPS) is 19.5. The Morgan fingerprint density at radius 2 is 1.55 bits per heavy atom. The molecule has 33 heavy (non-hydrogen) atoms. The number of rotatable bonds is 2. The molecule has 0 amide bonds. The number of anilines is 2. The molecule has 4 aromatic carbocycles. The van der Waals surface area contributed by atoms with Crippen LogP contribution in [0.1, 0.15) is 33.7 Å². The van der Waals surface area contributed by atoms with Crippen molar-refractivity contribution in [1.29, 1.82) is 0 Å². The lowest BCUT2D eigenvalue weighted by Crippen LogP contribution is -2.28. The maximum Gasteiger partial charge on any atom is 0.0630 e. The van der Waals surface area contributed by atoms with E-state index in [9.17, 15) is 0 Å². The van der Waals surface area contributed by atoms with Crippen molar-refractivity contribution in [1.82, 2.24) is 0 Å². The number of para-hydroxylation sites is 1. The zero-order valence-electron chi connectivity index (χ0n) is 18.7. The molecule has 0 bridgehead atoms. The molecule has 2 unspecified atom stereocenters. The summed E-state index contributed by atoms with van der Waals surface area (Å²) < 4.78 is 0. The topological polar surface area (TPSA) is 3.24 Å². The Labute approximate surface area is 195 Å². The van der Waals surface area contributed by atoms with Gasteiger partial charge in [-0.1, -0.05) is 90.5 Å².